The summed E-state index contributed by atoms with van der Waals surface area (Å²) in [5.74, 6) is 0. The Kier molecular flexibility index (Phi) is 5.56. The number of benzene rings is 2. The summed E-state index contributed by atoms with van der Waals surface area (Å²) in [6.07, 6.45) is 1.82. The Morgan fingerprint density at radius 3 is 1.78 bits per heavy atom. The minimum Gasteiger partial charge on any atom is -0.335 e. The fourth-order valence-electron chi connectivity index (χ4n) is 4.43. The van der Waals surface area contributed by atoms with Gasteiger partial charge in [0.15, 0.2) is 0 Å². The van der Waals surface area contributed by atoms with E-state index < -0.39 is 0 Å². The molecule has 2 amide bonds. The van der Waals surface area contributed by atoms with Crippen LogP contribution in [0.3, 0.4) is 0 Å². The van der Waals surface area contributed by atoms with E-state index in [0.717, 1.165) is 24.0 Å². The number of hydrogen-bond donors (Lipinski definition) is 3. The average molecular weight is 366 g/mol. The minimum absolute atomic E-state index is 0.00203. The van der Waals surface area contributed by atoms with E-state index in [1.807, 2.05) is 36.4 Å². The molecule has 0 radical (unpaired) electrons. The summed E-state index contributed by atoms with van der Waals surface area (Å²) in [6.45, 7) is 8.77. The van der Waals surface area contributed by atoms with Crippen LogP contribution >= 0.6 is 0 Å². The molecule has 0 spiro atoms. The van der Waals surface area contributed by atoms with E-state index in [1.165, 1.54) is 0 Å². The molecule has 1 heterocycles. The summed E-state index contributed by atoms with van der Waals surface area (Å²) in [5, 5.41) is 10.0. The first-order valence-electron chi connectivity index (χ1n) is 9.70. The normalized spacial score (nSPS) is 18.9. The predicted octanol–water partition coefficient (Wildman–Crippen LogP) is 4.38. The Morgan fingerprint density at radius 1 is 0.889 bits per heavy atom. The molecule has 0 atom stereocenters. The molecule has 1 saturated heterocycles. The van der Waals surface area contributed by atoms with Crippen molar-refractivity contribution in [3.05, 3.63) is 71.8 Å². The first-order chi connectivity index (χ1) is 12.7. The number of amides is 2. The van der Waals surface area contributed by atoms with Crippen LogP contribution in [0.15, 0.2) is 60.7 Å². The topological polar surface area (TPSA) is 53.2 Å². The summed E-state index contributed by atoms with van der Waals surface area (Å²) >= 11 is 0. The largest absolute Gasteiger partial charge is 0.335 e. The second kappa shape index (κ2) is 7.73. The standard InChI is InChI=1S/C23H31N3O/c1-22(2)15-19(16-23(3,4)26-22)24-21(27)25-20(17-11-7-5-8-12-17)18-13-9-6-10-14-18/h5-14,19-20,26H,15-16H2,1-4H3,(H2,24,25,27). The molecule has 0 saturated carbocycles. The molecule has 0 bridgehead atoms. The van der Waals surface area contributed by atoms with Crippen LogP contribution in [0, 0.1) is 0 Å². The van der Waals surface area contributed by atoms with Gasteiger partial charge in [0, 0.05) is 17.1 Å². The molecule has 3 N–H and O–H groups in total. The third kappa shape index (κ3) is 5.33. The number of rotatable bonds is 4. The molecule has 1 fully saturated rings. The van der Waals surface area contributed by atoms with Crippen molar-refractivity contribution in [3.63, 3.8) is 0 Å². The highest BCUT2D eigenvalue weighted by molar-refractivity contribution is 5.75. The Morgan fingerprint density at radius 2 is 1.33 bits per heavy atom. The lowest BCUT2D eigenvalue weighted by Crippen LogP contribution is -2.62. The van der Waals surface area contributed by atoms with Gasteiger partial charge in [-0.1, -0.05) is 60.7 Å². The smallest absolute Gasteiger partial charge is 0.315 e. The van der Waals surface area contributed by atoms with Gasteiger partial charge in [0.1, 0.15) is 0 Å². The maximum Gasteiger partial charge on any atom is 0.315 e. The second-order valence-corrected chi connectivity index (χ2v) is 8.87. The zero-order chi connectivity index (χ0) is 19.5. The summed E-state index contributed by atoms with van der Waals surface area (Å²) in [5.41, 5.74) is 2.14. The molecule has 0 aliphatic carbocycles. The predicted molar refractivity (Wildman–Crippen MR) is 111 cm³/mol. The van der Waals surface area contributed by atoms with Crippen molar-refractivity contribution in [2.75, 3.05) is 0 Å². The van der Waals surface area contributed by atoms with Crippen molar-refractivity contribution in [2.45, 2.75) is 63.7 Å². The minimum atomic E-state index is -0.171. The van der Waals surface area contributed by atoms with Crippen LogP contribution in [0.4, 0.5) is 4.79 Å². The second-order valence-electron chi connectivity index (χ2n) is 8.87. The van der Waals surface area contributed by atoms with Crippen molar-refractivity contribution >= 4 is 6.03 Å². The number of nitrogens with one attached hydrogen (secondary N) is 3. The van der Waals surface area contributed by atoms with Crippen molar-refractivity contribution in [2.24, 2.45) is 0 Å². The van der Waals surface area contributed by atoms with Crippen LogP contribution in [-0.4, -0.2) is 23.2 Å². The maximum atomic E-state index is 12.8. The molecule has 1 aliphatic heterocycles. The Hall–Kier alpha value is -2.33. The zero-order valence-corrected chi connectivity index (χ0v) is 16.8. The average Bonchev–Trinajstić information content (AvgIpc) is 2.58. The Bertz CT molecular complexity index is 700. The summed E-state index contributed by atoms with van der Waals surface area (Å²) in [7, 11) is 0. The van der Waals surface area contributed by atoms with Gasteiger partial charge in [-0.2, -0.15) is 0 Å². The lowest BCUT2D eigenvalue weighted by molar-refractivity contribution is 0.147. The van der Waals surface area contributed by atoms with Crippen molar-refractivity contribution in [1.82, 2.24) is 16.0 Å². The maximum absolute atomic E-state index is 12.8. The van der Waals surface area contributed by atoms with Gasteiger partial charge in [0.25, 0.3) is 0 Å². The van der Waals surface area contributed by atoms with Crippen LogP contribution in [0.5, 0.6) is 0 Å². The third-order valence-electron chi connectivity index (χ3n) is 5.07. The monoisotopic (exact) mass is 365 g/mol. The van der Waals surface area contributed by atoms with Crippen LogP contribution in [0.1, 0.15) is 57.7 Å². The molecule has 0 unspecified atom stereocenters. The van der Waals surface area contributed by atoms with E-state index >= 15 is 0 Å². The first kappa shape index (κ1) is 19.4. The van der Waals surface area contributed by atoms with E-state index in [4.69, 9.17) is 0 Å². The molecular formula is C23H31N3O. The van der Waals surface area contributed by atoms with E-state index in [-0.39, 0.29) is 29.2 Å². The molecule has 4 heteroatoms. The van der Waals surface area contributed by atoms with Crippen LogP contribution < -0.4 is 16.0 Å². The number of hydrogen-bond acceptors (Lipinski definition) is 2. The number of piperidine rings is 1. The summed E-state index contributed by atoms with van der Waals surface area (Å²) in [6, 6.07) is 20.0. The van der Waals surface area contributed by atoms with Gasteiger partial charge in [-0.3, -0.25) is 0 Å². The molecule has 2 aromatic carbocycles. The van der Waals surface area contributed by atoms with Crippen LogP contribution in [0.25, 0.3) is 0 Å². The lowest BCUT2D eigenvalue weighted by atomic mass is 9.80. The fraction of sp³-hybridized carbons (Fsp3) is 0.435. The molecule has 3 rings (SSSR count). The molecule has 4 nitrogen and oxygen atoms in total. The van der Waals surface area contributed by atoms with E-state index in [2.05, 4.69) is 67.9 Å². The molecule has 1 aliphatic rings. The van der Waals surface area contributed by atoms with Gasteiger partial charge in [-0.25, -0.2) is 4.79 Å². The highest BCUT2D eigenvalue weighted by Crippen LogP contribution is 2.28. The highest BCUT2D eigenvalue weighted by Gasteiger charge is 2.38. The molecule has 2 aromatic rings. The number of carbonyl (C=O) groups is 1. The lowest BCUT2D eigenvalue weighted by Gasteiger charge is -2.46. The number of urea groups is 1. The van der Waals surface area contributed by atoms with Crippen molar-refractivity contribution in [1.29, 1.82) is 0 Å². The van der Waals surface area contributed by atoms with Crippen LogP contribution in [-0.2, 0) is 0 Å². The summed E-state index contributed by atoms with van der Waals surface area (Å²) in [4.78, 5) is 12.8. The quantitative estimate of drug-likeness (QED) is 0.753. The van der Waals surface area contributed by atoms with E-state index in [9.17, 15) is 4.79 Å². The van der Waals surface area contributed by atoms with Crippen molar-refractivity contribution < 1.29 is 4.79 Å². The summed E-state index contributed by atoms with van der Waals surface area (Å²) < 4.78 is 0. The van der Waals surface area contributed by atoms with Gasteiger partial charge >= 0.3 is 6.03 Å². The number of carbonyl (C=O) groups excluding carboxylic acids is 1. The Labute approximate surface area is 162 Å². The van der Waals surface area contributed by atoms with Gasteiger partial charge in [-0.05, 0) is 51.7 Å². The molecular weight excluding hydrogens is 334 g/mol. The molecule has 0 aromatic heterocycles. The SMILES string of the molecule is CC1(C)CC(NC(=O)NC(c2ccccc2)c2ccccc2)CC(C)(C)N1. The molecule has 144 valence electrons. The van der Waals surface area contributed by atoms with E-state index in [0.29, 0.717) is 0 Å². The zero-order valence-electron chi connectivity index (χ0n) is 16.8. The van der Waals surface area contributed by atoms with Gasteiger partial charge in [-0.15, -0.1) is 0 Å². The van der Waals surface area contributed by atoms with Gasteiger partial charge < -0.3 is 16.0 Å². The Balaban J connectivity index is 1.74. The van der Waals surface area contributed by atoms with Crippen molar-refractivity contribution in [3.8, 4) is 0 Å². The molecule has 27 heavy (non-hydrogen) atoms. The highest BCUT2D eigenvalue weighted by atomic mass is 16.2. The van der Waals surface area contributed by atoms with E-state index in [1.54, 1.807) is 0 Å². The fourth-order valence-corrected chi connectivity index (χ4v) is 4.43. The first-order valence-corrected chi connectivity index (χ1v) is 9.70. The third-order valence-corrected chi connectivity index (χ3v) is 5.07. The van der Waals surface area contributed by atoms with Gasteiger partial charge in [0.2, 0.25) is 0 Å². The van der Waals surface area contributed by atoms with Gasteiger partial charge in [0.05, 0.1) is 6.04 Å². The van der Waals surface area contributed by atoms with Crippen LogP contribution in [0.2, 0.25) is 0 Å².